The Morgan fingerprint density at radius 3 is 2.55 bits per heavy atom. The lowest BCUT2D eigenvalue weighted by molar-refractivity contribution is -0.148. The second-order valence-electron chi connectivity index (χ2n) is 10.5. The number of morpholine rings is 1. The van der Waals surface area contributed by atoms with Gasteiger partial charge in [-0.15, -0.1) is 0 Å². The number of carbonyl (C=O) groups is 5. The minimum Gasteiger partial charge on any atom is -0.360 e. The lowest BCUT2D eigenvalue weighted by atomic mass is 10.0. The quantitative estimate of drug-likeness (QED) is 0.376. The molecule has 4 heterocycles. The minimum atomic E-state index is -1.12. The third-order valence-corrected chi connectivity index (χ3v) is 7.33. The molecule has 5 rings (SSSR count). The molecule has 0 spiro atoms. The molecule has 13 nitrogen and oxygen atoms in total. The van der Waals surface area contributed by atoms with Crippen LogP contribution in [0.25, 0.3) is 5.52 Å². The first-order valence-corrected chi connectivity index (χ1v) is 13.7. The Kier molecular flexibility index (Phi) is 8.48. The minimum absolute atomic E-state index is 0.00631. The molecule has 4 atom stereocenters. The van der Waals surface area contributed by atoms with Gasteiger partial charge >= 0.3 is 0 Å². The average Bonchev–Trinajstić information content (AvgIpc) is 3.42. The summed E-state index contributed by atoms with van der Waals surface area (Å²) >= 11 is 0. The van der Waals surface area contributed by atoms with E-state index in [-0.39, 0.29) is 38.5 Å². The van der Waals surface area contributed by atoms with Crippen molar-refractivity contribution < 1.29 is 28.7 Å². The van der Waals surface area contributed by atoms with Gasteiger partial charge in [-0.1, -0.05) is 36.4 Å². The molecule has 3 N–H and O–H groups in total. The van der Waals surface area contributed by atoms with Crippen LogP contribution in [0.2, 0.25) is 0 Å². The number of carbonyl (C=O) groups excluding carboxylic acids is 5. The summed E-state index contributed by atoms with van der Waals surface area (Å²) in [6.07, 6.45) is 1.53. The van der Waals surface area contributed by atoms with E-state index >= 15 is 0 Å². The van der Waals surface area contributed by atoms with Gasteiger partial charge in [-0.05, 0) is 24.6 Å². The van der Waals surface area contributed by atoms with Gasteiger partial charge in [-0.2, -0.15) is 5.10 Å². The number of fused-ring (bicyclic) bond motifs is 3. The highest BCUT2D eigenvalue weighted by Gasteiger charge is 2.38. The summed E-state index contributed by atoms with van der Waals surface area (Å²) in [6, 6.07) is 12.7. The average molecular weight is 576 g/mol. The van der Waals surface area contributed by atoms with Gasteiger partial charge in [0.2, 0.25) is 17.7 Å². The van der Waals surface area contributed by atoms with Crippen LogP contribution in [0.4, 0.5) is 0 Å². The molecule has 2 fully saturated rings. The third kappa shape index (κ3) is 6.41. The molecular formula is C29H33N7O6. The number of hydrogen-bond donors (Lipinski definition) is 3. The maximum Gasteiger partial charge on any atom is 0.257 e. The Hall–Kier alpha value is -4.78. The van der Waals surface area contributed by atoms with Gasteiger partial charge in [0.25, 0.3) is 11.8 Å². The van der Waals surface area contributed by atoms with E-state index in [2.05, 4.69) is 21.0 Å². The molecule has 2 bridgehead atoms. The maximum atomic E-state index is 13.7. The van der Waals surface area contributed by atoms with Gasteiger partial charge in [-0.3, -0.25) is 24.0 Å². The molecule has 13 heteroatoms. The van der Waals surface area contributed by atoms with Gasteiger partial charge in [-0.25, -0.2) is 4.52 Å². The van der Waals surface area contributed by atoms with E-state index in [9.17, 15) is 24.0 Å². The number of likely N-dealkylation sites (N-methyl/N-ethyl adjacent to an activating group) is 1. The van der Waals surface area contributed by atoms with Gasteiger partial charge < -0.3 is 30.5 Å². The van der Waals surface area contributed by atoms with E-state index in [0.29, 0.717) is 11.1 Å². The molecule has 0 saturated carbocycles. The Labute approximate surface area is 242 Å². The summed E-state index contributed by atoms with van der Waals surface area (Å²) in [4.78, 5) is 68.9. The summed E-state index contributed by atoms with van der Waals surface area (Å²) in [6.45, 7) is 1.25. The first kappa shape index (κ1) is 28.7. The van der Waals surface area contributed by atoms with Crippen molar-refractivity contribution in [3.63, 3.8) is 0 Å². The molecule has 2 aliphatic rings. The van der Waals surface area contributed by atoms with Crippen LogP contribution in [0, 0.1) is 0 Å². The number of hydrogen-bond acceptors (Lipinski definition) is 7. The van der Waals surface area contributed by atoms with E-state index in [1.807, 2.05) is 30.3 Å². The number of benzene rings is 1. The number of pyridine rings is 1. The van der Waals surface area contributed by atoms with Gasteiger partial charge in [0.15, 0.2) is 6.10 Å². The maximum absolute atomic E-state index is 13.7. The molecule has 2 aliphatic heterocycles. The second kappa shape index (κ2) is 12.4. The fourth-order valence-electron chi connectivity index (χ4n) is 5.13. The normalized spacial score (nSPS) is 24.3. The molecule has 1 aromatic carbocycles. The summed E-state index contributed by atoms with van der Waals surface area (Å²) in [5, 5.41) is 12.4. The second-order valence-corrected chi connectivity index (χ2v) is 10.5. The lowest BCUT2D eigenvalue weighted by Gasteiger charge is -2.38. The first-order valence-electron chi connectivity index (χ1n) is 13.7. The van der Waals surface area contributed by atoms with E-state index in [0.717, 1.165) is 5.56 Å². The largest absolute Gasteiger partial charge is 0.360 e. The van der Waals surface area contributed by atoms with Crippen molar-refractivity contribution in [3.8, 4) is 0 Å². The number of nitrogens with zero attached hydrogens (tertiary/aromatic N) is 4. The Morgan fingerprint density at radius 2 is 1.76 bits per heavy atom. The van der Waals surface area contributed by atoms with E-state index < -0.39 is 47.9 Å². The predicted molar refractivity (Wildman–Crippen MR) is 150 cm³/mol. The smallest absolute Gasteiger partial charge is 0.257 e. The summed E-state index contributed by atoms with van der Waals surface area (Å²) in [7, 11) is 1.46. The highest BCUT2D eigenvalue weighted by molar-refractivity contribution is 6.01. The monoisotopic (exact) mass is 575 g/mol. The zero-order valence-electron chi connectivity index (χ0n) is 23.4. The van der Waals surface area contributed by atoms with Crippen LogP contribution in [-0.4, -0.2) is 106 Å². The number of aromatic nitrogens is 2. The Morgan fingerprint density at radius 1 is 1.00 bits per heavy atom. The number of amides is 5. The molecular weight excluding hydrogens is 542 g/mol. The fourth-order valence-corrected chi connectivity index (χ4v) is 5.13. The Bertz CT molecular complexity index is 1490. The molecule has 2 saturated heterocycles. The summed E-state index contributed by atoms with van der Waals surface area (Å²) in [5.41, 5.74) is 1.78. The summed E-state index contributed by atoms with van der Waals surface area (Å²) in [5.74, 6) is -2.40. The summed E-state index contributed by atoms with van der Waals surface area (Å²) < 4.78 is 7.66. The molecule has 0 unspecified atom stereocenters. The van der Waals surface area contributed by atoms with Gasteiger partial charge in [0.1, 0.15) is 12.1 Å². The van der Waals surface area contributed by atoms with Crippen LogP contribution in [0.5, 0.6) is 0 Å². The predicted octanol–water partition coefficient (Wildman–Crippen LogP) is -0.636. The van der Waals surface area contributed by atoms with E-state index in [4.69, 9.17) is 4.74 Å². The molecule has 42 heavy (non-hydrogen) atoms. The number of nitrogens with one attached hydrogen (secondary N) is 3. The van der Waals surface area contributed by atoms with Crippen molar-refractivity contribution in [2.24, 2.45) is 0 Å². The van der Waals surface area contributed by atoms with Crippen LogP contribution in [-0.2, 0) is 30.3 Å². The van der Waals surface area contributed by atoms with Crippen molar-refractivity contribution in [3.05, 3.63) is 72.1 Å². The fraction of sp³-hybridized carbons (Fsp3) is 0.379. The van der Waals surface area contributed by atoms with Crippen LogP contribution in [0.3, 0.4) is 0 Å². The van der Waals surface area contributed by atoms with E-state index in [1.54, 1.807) is 28.9 Å². The van der Waals surface area contributed by atoms with Crippen molar-refractivity contribution in [2.45, 2.75) is 37.6 Å². The van der Waals surface area contributed by atoms with Gasteiger partial charge in [0, 0.05) is 32.8 Å². The molecule has 3 aromatic rings. The number of rotatable bonds is 3. The van der Waals surface area contributed by atoms with Crippen molar-refractivity contribution in [2.75, 3.05) is 33.2 Å². The Balaban J connectivity index is 1.44. The zero-order valence-corrected chi connectivity index (χ0v) is 23.4. The zero-order chi connectivity index (χ0) is 29.8. The lowest BCUT2D eigenvalue weighted by Crippen LogP contribution is -2.59. The third-order valence-electron chi connectivity index (χ3n) is 7.33. The molecule has 220 valence electrons. The highest BCUT2D eigenvalue weighted by Crippen LogP contribution is 2.19. The molecule has 5 amide bonds. The van der Waals surface area contributed by atoms with Crippen LogP contribution in [0.15, 0.2) is 60.9 Å². The molecule has 0 radical (unpaired) electrons. The standard InChI is InChI=1S/C29H33N7O6/c1-18-26(38)30-13-20-15-35(28(40)21-14-31-36-11-7-6-10-23(21)36)16-24(42-20)27(39)33-22(12-19-8-4-3-5-9-19)29(41)34(2)17-25(37)32-18/h3-11,14,18,20,22,24H,12-13,15-17H2,1-2H3,(H,30,38)(H,32,37)(H,33,39)/t18-,20+,22-,24-/m1/s1. The SMILES string of the molecule is C[C@H]1NC(=O)CN(C)C(=O)[C@@H](Cc2ccccc2)NC(=O)[C@H]2CN(C(=O)c3cnn4ccccc34)C[C@H](CNC1=O)O2. The first-order chi connectivity index (χ1) is 20.2. The highest BCUT2D eigenvalue weighted by atomic mass is 16.5. The van der Waals surface area contributed by atoms with Crippen LogP contribution >= 0.6 is 0 Å². The molecule has 2 aromatic heterocycles. The van der Waals surface area contributed by atoms with Crippen LogP contribution < -0.4 is 16.0 Å². The topological polar surface area (TPSA) is 154 Å². The van der Waals surface area contributed by atoms with E-state index in [1.165, 1.54) is 30.0 Å². The van der Waals surface area contributed by atoms with Crippen molar-refractivity contribution in [1.29, 1.82) is 0 Å². The number of ether oxygens (including phenoxy) is 1. The molecule has 0 aliphatic carbocycles. The van der Waals surface area contributed by atoms with Crippen LogP contribution in [0.1, 0.15) is 22.8 Å². The van der Waals surface area contributed by atoms with Crippen molar-refractivity contribution in [1.82, 2.24) is 35.4 Å². The van der Waals surface area contributed by atoms with Crippen molar-refractivity contribution >= 4 is 35.1 Å². The van der Waals surface area contributed by atoms with Gasteiger partial charge in [0.05, 0.1) is 36.5 Å².